The molecule has 0 aliphatic heterocycles. The Hall–Kier alpha value is -2.14. The van der Waals surface area contributed by atoms with Gasteiger partial charge in [-0.1, -0.05) is 12.1 Å². The summed E-state index contributed by atoms with van der Waals surface area (Å²) >= 11 is 1.63. The summed E-state index contributed by atoms with van der Waals surface area (Å²) in [6.07, 6.45) is 5.75. The molecular formula is C13H12N4S. The topological polar surface area (TPSA) is 56.7 Å². The van der Waals surface area contributed by atoms with Crippen LogP contribution in [0.1, 0.15) is 4.88 Å². The van der Waals surface area contributed by atoms with Gasteiger partial charge >= 0.3 is 0 Å². The molecule has 0 saturated carbocycles. The minimum Gasteiger partial charge on any atom is -0.399 e. The van der Waals surface area contributed by atoms with Crippen LogP contribution >= 0.6 is 11.3 Å². The van der Waals surface area contributed by atoms with E-state index in [-0.39, 0.29) is 0 Å². The lowest BCUT2D eigenvalue weighted by Gasteiger charge is -1.99. The fourth-order valence-corrected chi connectivity index (χ4v) is 2.38. The molecule has 1 aromatic carbocycles. The number of aromatic nitrogens is 3. The maximum absolute atomic E-state index is 5.78. The molecule has 0 bridgehead atoms. The molecule has 0 amide bonds. The van der Waals surface area contributed by atoms with Crippen molar-refractivity contribution in [3.8, 4) is 11.1 Å². The normalized spacial score (nSPS) is 10.7. The number of anilines is 1. The van der Waals surface area contributed by atoms with E-state index < -0.39 is 0 Å². The fraction of sp³-hybridized carbons (Fsp3) is 0.0769. The Morgan fingerprint density at radius 1 is 1.22 bits per heavy atom. The maximum Gasteiger partial charge on any atom is 0.0794 e. The highest BCUT2D eigenvalue weighted by Gasteiger charge is 2.03. The average Bonchev–Trinajstić information content (AvgIpc) is 3.01. The van der Waals surface area contributed by atoms with Crippen molar-refractivity contribution in [2.24, 2.45) is 0 Å². The molecule has 0 fully saturated rings. The van der Waals surface area contributed by atoms with E-state index in [0.29, 0.717) is 0 Å². The minimum absolute atomic E-state index is 0.757. The van der Waals surface area contributed by atoms with Crippen molar-refractivity contribution in [1.29, 1.82) is 0 Å². The van der Waals surface area contributed by atoms with Crippen LogP contribution in [-0.4, -0.2) is 14.8 Å². The summed E-state index contributed by atoms with van der Waals surface area (Å²) in [6, 6.07) is 7.81. The number of hydrogen-bond donors (Lipinski definition) is 1. The van der Waals surface area contributed by atoms with Gasteiger partial charge in [0, 0.05) is 28.5 Å². The van der Waals surface area contributed by atoms with Crippen LogP contribution < -0.4 is 5.73 Å². The molecule has 0 aliphatic carbocycles. The molecule has 2 N–H and O–H groups in total. The second kappa shape index (κ2) is 4.62. The Morgan fingerprint density at radius 2 is 2.17 bits per heavy atom. The molecule has 90 valence electrons. The van der Waals surface area contributed by atoms with Crippen LogP contribution in [0.25, 0.3) is 11.1 Å². The Morgan fingerprint density at radius 3 is 2.94 bits per heavy atom. The number of nitrogens with zero attached hydrogens (tertiary/aromatic N) is 3. The Bertz CT molecular complexity index is 643. The van der Waals surface area contributed by atoms with Crippen molar-refractivity contribution in [2.45, 2.75) is 6.54 Å². The van der Waals surface area contributed by atoms with E-state index in [4.69, 9.17) is 5.73 Å². The molecule has 4 nitrogen and oxygen atoms in total. The molecular weight excluding hydrogens is 244 g/mol. The average molecular weight is 256 g/mol. The summed E-state index contributed by atoms with van der Waals surface area (Å²) in [6.45, 7) is 0.757. The van der Waals surface area contributed by atoms with Gasteiger partial charge in [0.2, 0.25) is 0 Å². The largest absolute Gasteiger partial charge is 0.399 e. The molecule has 18 heavy (non-hydrogen) atoms. The molecule has 3 rings (SSSR count). The number of hydrogen-bond acceptors (Lipinski definition) is 4. The third kappa shape index (κ3) is 2.26. The highest BCUT2D eigenvalue weighted by molar-refractivity contribution is 7.09. The first-order valence-electron chi connectivity index (χ1n) is 5.57. The lowest BCUT2D eigenvalue weighted by Crippen LogP contribution is -1.97. The van der Waals surface area contributed by atoms with Gasteiger partial charge in [0.1, 0.15) is 0 Å². The summed E-state index contributed by atoms with van der Waals surface area (Å²) in [4.78, 5) is 5.25. The van der Waals surface area contributed by atoms with Crippen LogP contribution in [0.4, 0.5) is 5.69 Å². The zero-order valence-corrected chi connectivity index (χ0v) is 10.5. The zero-order chi connectivity index (χ0) is 12.4. The molecule has 0 radical (unpaired) electrons. The lowest BCUT2D eigenvalue weighted by atomic mass is 10.1. The van der Waals surface area contributed by atoms with Gasteiger partial charge in [-0.2, -0.15) is 5.10 Å². The first-order chi connectivity index (χ1) is 8.81. The number of nitrogens with two attached hydrogens (primary N) is 1. The second-order valence-electron chi connectivity index (χ2n) is 4.02. The summed E-state index contributed by atoms with van der Waals surface area (Å²) in [5.74, 6) is 0. The van der Waals surface area contributed by atoms with E-state index in [1.807, 2.05) is 53.0 Å². The highest BCUT2D eigenvalue weighted by atomic mass is 32.1. The highest BCUT2D eigenvalue weighted by Crippen LogP contribution is 2.21. The van der Waals surface area contributed by atoms with E-state index in [0.717, 1.165) is 23.4 Å². The molecule has 5 heteroatoms. The first-order valence-corrected chi connectivity index (χ1v) is 6.45. The Kier molecular flexibility index (Phi) is 2.82. The van der Waals surface area contributed by atoms with Crippen LogP contribution in [0.2, 0.25) is 0 Å². The van der Waals surface area contributed by atoms with E-state index in [1.54, 1.807) is 11.3 Å². The Labute approximate surface area is 109 Å². The van der Waals surface area contributed by atoms with Crippen molar-refractivity contribution in [3.05, 3.63) is 53.2 Å². The maximum atomic E-state index is 5.78. The summed E-state index contributed by atoms with van der Waals surface area (Å²) in [7, 11) is 0. The van der Waals surface area contributed by atoms with Crippen molar-refractivity contribution in [3.63, 3.8) is 0 Å². The molecule has 0 unspecified atom stereocenters. The minimum atomic E-state index is 0.757. The van der Waals surface area contributed by atoms with E-state index in [9.17, 15) is 0 Å². The summed E-state index contributed by atoms with van der Waals surface area (Å²) < 4.78 is 1.91. The van der Waals surface area contributed by atoms with Crippen molar-refractivity contribution in [1.82, 2.24) is 14.8 Å². The SMILES string of the molecule is Nc1cccc(-c2cnn(Cc3cncs3)c2)c1. The van der Waals surface area contributed by atoms with Gasteiger partial charge in [-0.15, -0.1) is 11.3 Å². The number of benzene rings is 1. The van der Waals surface area contributed by atoms with Gasteiger partial charge in [-0.3, -0.25) is 9.67 Å². The first kappa shape index (κ1) is 11.0. The van der Waals surface area contributed by atoms with Crippen LogP contribution in [-0.2, 0) is 6.54 Å². The van der Waals surface area contributed by atoms with Crippen LogP contribution in [0, 0.1) is 0 Å². The number of rotatable bonds is 3. The molecule has 0 aliphatic rings. The van der Waals surface area contributed by atoms with Crippen molar-refractivity contribution < 1.29 is 0 Å². The van der Waals surface area contributed by atoms with Gasteiger partial charge in [0.15, 0.2) is 0 Å². The van der Waals surface area contributed by atoms with Crippen molar-refractivity contribution in [2.75, 3.05) is 5.73 Å². The number of nitrogen functional groups attached to an aromatic ring is 1. The Balaban J connectivity index is 1.85. The molecule has 0 atom stereocenters. The zero-order valence-electron chi connectivity index (χ0n) is 9.65. The van der Waals surface area contributed by atoms with Crippen LogP contribution in [0.15, 0.2) is 48.4 Å². The van der Waals surface area contributed by atoms with E-state index >= 15 is 0 Å². The van der Waals surface area contributed by atoms with Crippen LogP contribution in [0.3, 0.4) is 0 Å². The standard InChI is InChI=1S/C13H12N4S/c14-12-3-1-2-10(4-12)11-5-16-17(7-11)8-13-6-15-9-18-13/h1-7,9H,8,14H2. The smallest absolute Gasteiger partial charge is 0.0794 e. The summed E-state index contributed by atoms with van der Waals surface area (Å²) in [5.41, 5.74) is 10.5. The van der Waals surface area contributed by atoms with E-state index in [2.05, 4.69) is 10.1 Å². The van der Waals surface area contributed by atoms with E-state index in [1.165, 1.54) is 4.88 Å². The quantitative estimate of drug-likeness (QED) is 0.733. The van der Waals surface area contributed by atoms with Gasteiger partial charge in [-0.25, -0.2) is 0 Å². The summed E-state index contributed by atoms with van der Waals surface area (Å²) in [5, 5.41) is 4.35. The van der Waals surface area contributed by atoms with Crippen LogP contribution in [0.5, 0.6) is 0 Å². The van der Waals surface area contributed by atoms with Gasteiger partial charge in [0.25, 0.3) is 0 Å². The van der Waals surface area contributed by atoms with Crippen molar-refractivity contribution >= 4 is 17.0 Å². The molecule has 2 aromatic heterocycles. The lowest BCUT2D eigenvalue weighted by molar-refractivity contribution is 0.694. The third-order valence-corrected chi connectivity index (χ3v) is 3.42. The molecule has 0 saturated heterocycles. The van der Waals surface area contributed by atoms with Gasteiger partial charge in [-0.05, 0) is 17.7 Å². The fourth-order valence-electron chi connectivity index (χ4n) is 1.80. The molecule has 0 spiro atoms. The monoisotopic (exact) mass is 256 g/mol. The molecule has 2 heterocycles. The number of thiazole rings is 1. The molecule has 3 aromatic rings. The predicted octanol–water partition coefficient (Wildman–Crippen LogP) is 2.64. The van der Waals surface area contributed by atoms with Gasteiger partial charge in [0.05, 0.1) is 18.3 Å². The predicted molar refractivity (Wildman–Crippen MR) is 73.3 cm³/mol. The second-order valence-corrected chi connectivity index (χ2v) is 4.99. The third-order valence-electron chi connectivity index (χ3n) is 2.65. The van der Waals surface area contributed by atoms with Gasteiger partial charge < -0.3 is 5.73 Å².